The van der Waals surface area contributed by atoms with Gasteiger partial charge < -0.3 is 15.5 Å². The summed E-state index contributed by atoms with van der Waals surface area (Å²) in [7, 11) is 0. The Morgan fingerprint density at radius 3 is 2.25 bits per heavy atom. The van der Waals surface area contributed by atoms with E-state index in [2.05, 4.69) is 34.4 Å². The quantitative estimate of drug-likeness (QED) is 0.692. The summed E-state index contributed by atoms with van der Waals surface area (Å²) < 4.78 is 0. The smallest absolute Gasteiger partial charge is 0.251 e. The summed E-state index contributed by atoms with van der Waals surface area (Å²) in [5.74, 6) is 0.652. The van der Waals surface area contributed by atoms with Gasteiger partial charge >= 0.3 is 0 Å². The fraction of sp³-hybridized carbons (Fsp3) is 0.409. The Morgan fingerprint density at radius 1 is 1.04 bits per heavy atom. The number of carbonyl (C=O) groups excluding carboxylic acids is 2. The van der Waals surface area contributed by atoms with E-state index in [0.29, 0.717) is 12.1 Å². The lowest BCUT2D eigenvalue weighted by atomic mass is 10.0. The predicted octanol–water partition coefficient (Wildman–Crippen LogP) is 3.77. The molecule has 1 atom stereocenters. The first-order chi connectivity index (χ1) is 13.4. The Kier molecular flexibility index (Phi) is 7.99. The summed E-state index contributed by atoms with van der Waals surface area (Å²) in [6.45, 7) is 9.83. The van der Waals surface area contributed by atoms with Gasteiger partial charge in [-0.15, -0.1) is 0 Å². The molecule has 1 heterocycles. The molecule has 0 spiro atoms. The van der Waals surface area contributed by atoms with Crippen LogP contribution in [0.1, 0.15) is 45.7 Å². The number of nitrogens with zero attached hydrogens (tertiary/aromatic N) is 2. The molecule has 0 saturated carbocycles. The van der Waals surface area contributed by atoms with Gasteiger partial charge in [0, 0.05) is 19.5 Å². The molecule has 2 amide bonds. The van der Waals surface area contributed by atoms with Crippen LogP contribution in [0.15, 0.2) is 48.7 Å². The summed E-state index contributed by atoms with van der Waals surface area (Å²) >= 11 is 0. The van der Waals surface area contributed by atoms with Crippen LogP contribution in [0, 0.1) is 5.92 Å². The molecule has 0 aliphatic rings. The summed E-state index contributed by atoms with van der Waals surface area (Å²) in [6, 6.07) is 12.2. The zero-order valence-electron chi connectivity index (χ0n) is 17.1. The highest BCUT2D eigenvalue weighted by Crippen LogP contribution is 2.18. The van der Waals surface area contributed by atoms with E-state index in [-0.39, 0.29) is 17.7 Å². The Hall–Kier alpha value is -2.89. The van der Waals surface area contributed by atoms with Gasteiger partial charge in [0.15, 0.2) is 0 Å². The van der Waals surface area contributed by atoms with Crippen molar-refractivity contribution in [3.63, 3.8) is 0 Å². The van der Waals surface area contributed by atoms with Crippen molar-refractivity contribution in [2.45, 2.75) is 40.2 Å². The highest BCUT2D eigenvalue weighted by Gasteiger charge is 2.23. The molecular weight excluding hydrogens is 352 g/mol. The van der Waals surface area contributed by atoms with Gasteiger partial charge in [0.25, 0.3) is 5.91 Å². The van der Waals surface area contributed by atoms with E-state index in [1.165, 1.54) is 0 Å². The lowest BCUT2D eigenvalue weighted by molar-refractivity contribution is -0.127. The second-order valence-electron chi connectivity index (χ2n) is 7.08. The molecule has 0 fully saturated rings. The number of carbonyl (C=O) groups is 2. The topological polar surface area (TPSA) is 74.3 Å². The number of hydrogen-bond acceptors (Lipinski definition) is 4. The second-order valence-corrected chi connectivity index (χ2v) is 7.08. The van der Waals surface area contributed by atoms with Crippen LogP contribution in [0.5, 0.6) is 0 Å². The number of hydrogen-bond donors (Lipinski definition) is 2. The fourth-order valence-electron chi connectivity index (χ4n) is 2.95. The fourth-order valence-corrected chi connectivity index (χ4v) is 2.95. The van der Waals surface area contributed by atoms with Crippen LogP contribution >= 0.6 is 0 Å². The molecule has 2 N–H and O–H groups in total. The first kappa shape index (κ1) is 21.4. The number of benzene rings is 1. The van der Waals surface area contributed by atoms with Gasteiger partial charge in [0.2, 0.25) is 5.91 Å². The zero-order valence-corrected chi connectivity index (χ0v) is 17.1. The van der Waals surface area contributed by atoms with E-state index >= 15 is 0 Å². The third-order valence-electron chi connectivity index (χ3n) is 4.40. The third kappa shape index (κ3) is 6.08. The van der Waals surface area contributed by atoms with E-state index in [1.54, 1.807) is 6.20 Å². The zero-order chi connectivity index (χ0) is 20.5. The highest BCUT2D eigenvalue weighted by molar-refractivity contribution is 5.97. The Labute approximate surface area is 167 Å². The summed E-state index contributed by atoms with van der Waals surface area (Å²) in [4.78, 5) is 31.7. The second kappa shape index (κ2) is 10.4. The van der Waals surface area contributed by atoms with Crippen molar-refractivity contribution in [1.29, 1.82) is 0 Å². The predicted molar refractivity (Wildman–Crippen MR) is 113 cm³/mol. The van der Waals surface area contributed by atoms with Crippen LogP contribution in [0.25, 0.3) is 0 Å². The first-order valence-electron chi connectivity index (χ1n) is 9.80. The molecule has 1 aromatic heterocycles. The number of nitrogens with one attached hydrogen (secondary N) is 2. The molecule has 2 rings (SSSR count). The normalized spacial score (nSPS) is 11.8. The van der Waals surface area contributed by atoms with E-state index in [9.17, 15) is 9.59 Å². The minimum atomic E-state index is -0.755. The van der Waals surface area contributed by atoms with Gasteiger partial charge in [-0.05, 0) is 37.5 Å². The SMILES string of the molecule is CCN(CC)c1ccc(NC(=O)C(NC(=O)CC(C)C)c2ccccc2)cn1. The van der Waals surface area contributed by atoms with Crippen molar-refractivity contribution >= 4 is 23.3 Å². The van der Waals surface area contributed by atoms with Crippen LogP contribution in [-0.2, 0) is 9.59 Å². The standard InChI is InChI=1S/C22H30N4O2/c1-5-26(6-2)19-13-12-18(15-23-19)24-22(28)21(17-10-8-7-9-11-17)25-20(27)14-16(3)4/h7-13,15-16,21H,5-6,14H2,1-4H3,(H,24,28)(H,25,27). The minimum absolute atomic E-state index is 0.144. The number of aromatic nitrogens is 1. The molecule has 6 heteroatoms. The lowest BCUT2D eigenvalue weighted by Crippen LogP contribution is -2.37. The molecule has 1 aromatic carbocycles. The molecule has 150 valence electrons. The number of pyridine rings is 1. The number of amides is 2. The molecule has 6 nitrogen and oxygen atoms in total. The van der Waals surface area contributed by atoms with Crippen molar-refractivity contribution < 1.29 is 9.59 Å². The van der Waals surface area contributed by atoms with Gasteiger partial charge in [0.05, 0.1) is 11.9 Å². The molecule has 0 aliphatic carbocycles. The first-order valence-corrected chi connectivity index (χ1v) is 9.80. The third-order valence-corrected chi connectivity index (χ3v) is 4.40. The molecule has 1 unspecified atom stereocenters. The molecule has 0 saturated heterocycles. The molecule has 28 heavy (non-hydrogen) atoms. The molecule has 0 radical (unpaired) electrons. The van der Waals surface area contributed by atoms with Crippen molar-refractivity contribution in [2.24, 2.45) is 5.92 Å². The van der Waals surface area contributed by atoms with Crippen LogP contribution < -0.4 is 15.5 Å². The van der Waals surface area contributed by atoms with Gasteiger partial charge in [-0.25, -0.2) is 4.98 Å². The Balaban J connectivity index is 2.14. The van der Waals surface area contributed by atoms with Crippen LogP contribution in [0.4, 0.5) is 11.5 Å². The minimum Gasteiger partial charge on any atom is -0.357 e. The molecule has 0 bridgehead atoms. The van der Waals surface area contributed by atoms with Crippen molar-refractivity contribution in [1.82, 2.24) is 10.3 Å². The van der Waals surface area contributed by atoms with Gasteiger partial charge in [-0.1, -0.05) is 44.2 Å². The van der Waals surface area contributed by atoms with E-state index in [0.717, 1.165) is 24.5 Å². The average Bonchev–Trinajstić information content (AvgIpc) is 2.68. The average molecular weight is 383 g/mol. The Bertz CT molecular complexity index is 756. The van der Waals surface area contributed by atoms with Gasteiger partial charge in [-0.3, -0.25) is 9.59 Å². The van der Waals surface area contributed by atoms with Crippen LogP contribution in [0.3, 0.4) is 0 Å². The highest BCUT2D eigenvalue weighted by atomic mass is 16.2. The summed E-state index contributed by atoms with van der Waals surface area (Å²) in [6.07, 6.45) is 2.01. The van der Waals surface area contributed by atoms with Crippen LogP contribution in [0.2, 0.25) is 0 Å². The summed E-state index contributed by atoms with van der Waals surface area (Å²) in [5, 5.41) is 5.72. The van der Waals surface area contributed by atoms with Crippen molar-refractivity contribution in [3.8, 4) is 0 Å². The van der Waals surface area contributed by atoms with E-state index in [4.69, 9.17) is 0 Å². The molecule has 0 aliphatic heterocycles. The maximum absolute atomic E-state index is 12.9. The number of anilines is 2. The van der Waals surface area contributed by atoms with Crippen LogP contribution in [-0.4, -0.2) is 29.9 Å². The summed E-state index contributed by atoms with van der Waals surface area (Å²) in [5.41, 5.74) is 1.34. The Morgan fingerprint density at radius 2 is 1.71 bits per heavy atom. The molecular formula is C22H30N4O2. The van der Waals surface area contributed by atoms with E-state index in [1.807, 2.05) is 56.3 Å². The number of rotatable bonds is 9. The van der Waals surface area contributed by atoms with Gasteiger partial charge in [0.1, 0.15) is 11.9 Å². The maximum Gasteiger partial charge on any atom is 0.251 e. The van der Waals surface area contributed by atoms with Gasteiger partial charge in [-0.2, -0.15) is 0 Å². The van der Waals surface area contributed by atoms with Crippen molar-refractivity contribution in [2.75, 3.05) is 23.3 Å². The lowest BCUT2D eigenvalue weighted by Gasteiger charge is -2.21. The monoisotopic (exact) mass is 382 g/mol. The molecule has 2 aromatic rings. The maximum atomic E-state index is 12.9. The van der Waals surface area contributed by atoms with Crippen molar-refractivity contribution in [3.05, 3.63) is 54.2 Å². The largest absolute Gasteiger partial charge is 0.357 e. The van der Waals surface area contributed by atoms with E-state index < -0.39 is 6.04 Å².